The maximum Gasteiger partial charge on any atom is 0.247 e. The lowest BCUT2D eigenvalue weighted by Crippen LogP contribution is -2.59. The Balaban J connectivity index is 2.15. The second kappa shape index (κ2) is 3.85. The Kier molecular flexibility index (Phi) is 2.41. The molecule has 1 aromatic carbocycles. The first-order valence-electron chi connectivity index (χ1n) is 6.20. The summed E-state index contributed by atoms with van der Waals surface area (Å²) in [6, 6.07) is 8.07. The number of hydrogen-bond donors (Lipinski definition) is 2. The molecule has 1 fully saturated rings. The predicted octanol–water partition coefficient (Wildman–Crippen LogP) is 1.44. The van der Waals surface area contributed by atoms with E-state index in [1.165, 1.54) is 0 Å². The van der Waals surface area contributed by atoms with E-state index in [-0.39, 0.29) is 5.91 Å². The van der Waals surface area contributed by atoms with Crippen LogP contribution in [0.3, 0.4) is 0 Å². The third-order valence-electron chi connectivity index (χ3n) is 3.83. The van der Waals surface area contributed by atoms with Gasteiger partial charge in [-0.05, 0) is 13.0 Å². The summed E-state index contributed by atoms with van der Waals surface area (Å²) in [5.74, 6) is 0.124. The molecule has 0 bridgehead atoms. The average molecular weight is 243 g/mol. The zero-order chi connectivity index (χ0) is 12.8. The van der Waals surface area contributed by atoms with Crippen molar-refractivity contribution in [3.8, 4) is 0 Å². The molecule has 0 saturated carbocycles. The van der Waals surface area contributed by atoms with Crippen LogP contribution in [-0.2, 0) is 10.3 Å². The lowest BCUT2D eigenvalue weighted by Gasteiger charge is -2.38. The molecule has 1 atom stereocenters. The first-order chi connectivity index (χ1) is 8.63. The van der Waals surface area contributed by atoms with Gasteiger partial charge < -0.3 is 9.88 Å². The first-order valence-corrected chi connectivity index (χ1v) is 6.20. The van der Waals surface area contributed by atoms with Gasteiger partial charge in [-0.15, -0.1) is 0 Å². The zero-order valence-corrected chi connectivity index (χ0v) is 10.7. The standard InChI is InChI=1S/C14H17N3O/c1-14(13(18)17(2)8-7-16-14)11-9-15-12-6-4-3-5-10(11)12/h3-6,9,15-16H,7-8H2,1-2H3. The lowest BCUT2D eigenvalue weighted by molar-refractivity contribution is -0.139. The summed E-state index contributed by atoms with van der Waals surface area (Å²) < 4.78 is 0. The van der Waals surface area contributed by atoms with Crippen LogP contribution in [0.4, 0.5) is 0 Å². The second-order valence-corrected chi connectivity index (χ2v) is 5.03. The molecule has 4 heteroatoms. The van der Waals surface area contributed by atoms with Crippen LogP contribution in [0.5, 0.6) is 0 Å². The van der Waals surface area contributed by atoms with Crippen molar-refractivity contribution in [2.24, 2.45) is 0 Å². The molecule has 0 aliphatic carbocycles. The number of fused-ring (bicyclic) bond motifs is 1. The third kappa shape index (κ3) is 1.46. The summed E-state index contributed by atoms with van der Waals surface area (Å²) in [5, 5.41) is 4.47. The van der Waals surface area contributed by atoms with Crippen molar-refractivity contribution in [1.29, 1.82) is 0 Å². The van der Waals surface area contributed by atoms with Gasteiger partial charge in [-0.25, -0.2) is 0 Å². The van der Waals surface area contributed by atoms with E-state index in [2.05, 4.69) is 16.4 Å². The molecule has 1 aromatic heterocycles. The molecule has 1 aliphatic rings. The number of nitrogens with zero attached hydrogens (tertiary/aromatic N) is 1. The highest BCUT2D eigenvalue weighted by molar-refractivity contribution is 5.95. The number of hydrogen-bond acceptors (Lipinski definition) is 2. The van der Waals surface area contributed by atoms with Crippen LogP contribution in [0, 0.1) is 0 Å². The SMILES string of the molecule is CN1CCNC(C)(c2c[nH]c3ccccc23)C1=O. The average Bonchev–Trinajstić information content (AvgIpc) is 2.80. The van der Waals surface area contributed by atoms with Crippen molar-refractivity contribution in [3.05, 3.63) is 36.0 Å². The van der Waals surface area contributed by atoms with Gasteiger partial charge in [0.1, 0.15) is 5.54 Å². The van der Waals surface area contributed by atoms with E-state index >= 15 is 0 Å². The Morgan fingerprint density at radius 3 is 2.94 bits per heavy atom. The normalized spacial score (nSPS) is 24.8. The fourth-order valence-electron chi connectivity index (χ4n) is 2.73. The van der Waals surface area contributed by atoms with Crippen LogP contribution in [0.25, 0.3) is 10.9 Å². The van der Waals surface area contributed by atoms with Gasteiger partial charge >= 0.3 is 0 Å². The van der Waals surface area contributed by atoms with E-state index in [1.807, 2.05) is 38.4 Å². The highest BCUT2D eigenvalue weighted by Crippen LogP contribution is 2.31. The minimum atomic E-state index is -0.632. The van der Waals surface area contributed by atoms with Crippen molar-refractivity contribution in [2.45, 2.75) is 12.5 Å². The van der Waals surface area contributed by atoms with E-state index in [9.17, 15) is 4.79 Å². The molecule has 3 rings (SSSR count). The zero-order valence-electron chi connectivity index (χ0n) is 10.7. The second-order valence-electron chi connectivity index (χ2n) is 5.03. The summed E-state index contributed by atoms with van der Waals surface area (Å²) in [5.41, 5.74) is 1.46. The number of carbonyl (C=O) groups is 1. The Morgan fingerprint density at radius 2 is 2.11 bits per heavy atom. The Morgan fingerprint density at radius 1 is 1.33 bits per heavy atom. The van der Waals surface area contributed by atoms with E-state index < -0.39 is 5.54 Å². The van der Waals surface area contributed by atoms with Crippen LogP contribution in [0.15, 0.2) is 30.5 Å². The number of rotatable bonds is 1. The molecule has 1 saturated heterocycles. The maximum atomic E-state index is 12.4. The Hall–Kier alpha value is -1.81. The fourth-order valence-corrected chi connectivity index (χ4v) is 2.73. The minimum absolute atomic E-state index is 0.124. The monoisotopic (exact) mass is 243 g/mol. The number of piperazine rings is 1. The molecule has 94 valence electrons. The van der Waals surface area contributed by atoms with Crippen molar-refractivity contribution >= 4 is 16.8 Å². The number of nitrogens with one attached hydrogen (secondary N) is 2. The first kappa shape index (κ1) is 11.3. The van der Waals surface area contributed by atoms with Gasteiger partial charge in [0.05, 0.1) is 0 Å². The smallest absolute Gasteiger partial charge is 0.247 e. The molecule has 4 nitrogen and oxygen atoms in total. The number of aromatic amines is 1. The summed E-state index contributed by atoms with van der Waals surface area (Å²) >= 11 is 0. The maximum absolute atomic E-state index is 12.4. The lowest BCUT2D eigenvalue weighted by atomic mass is 9.88. The van der Waals surface area contributed by atoms with Crippen molar-refractivity contribution in [1.82, 2.24) is 15.2 Å². The number of aromatic nitrogens is 1. The van der Waals surface area contributed by atoms with Gasteiger partial charge in [-0.3, -0.25) is 10.1 Å². The Bertz CT molecular complexity index is 604. The van der Waals surface area contributed by atoms with Crippen LogP contribution in [0.1, 0.15) is 12.5 Å². The van der Waals surface area contributed by atoms with E-state index in [4.69, 9.17) is 0 Å². The third-order valence-corrected chi connectivity index (χ3v) is 3.83. The molecule has 2 N–H and O–H groups in total. The van der Waals surface area contributed by atoms with Gasteiger partial charge in [0.25, 0.3) is 0 Å². The topological polar surface area (TPSA) is 48.1 Å². The number of likely N-dealkylation sites (N-methyl/N-ethyl adjacent to an activating group) is 1. The highest BCUT2D eigenvalue weighted by atomic mass is 16.2. The van der Waals surface area contributed by atoms with Gasteiger partial charge in [-0.1, -0.05) is 18.2 Å². The molecule has 0 spiro atoms. The summed E-state index contributed by atoms with van der Waals surface area (Å²) in [4.78, 5) is 17.5. The number of amides is 1. The minimum Gasteiger partial charge on any atom is -0.361 e. The van der Waals surface area contributed by atoms with Crippen molar-refractivity contribution < 1.29 is 4.79 Å². The Labute approximate surface area is 106 Å². The molecule has 1 amide bonds. The van der Waals surface area contributed by atoms with Crippen LogP contribution in [-0.4, -0.2) is 35.9 Å². The molecule has 1 unspecified atom stereocenters. The van der Waals surface area contributed by atoms with Crippen molar-refractivity contribution in [2.75, 3.05) is 20.1 Å². The fraction of sp³-hybridized carbons (Fsp3) is 0.357. The molecule has 0 radical (unpaired) electrons. The van der Waals surface area contributed by atoms with Gasteiger partial charge in [0.2, 0.25) is 5.91 Å². The molecule has 18 heavy (non-hydrogen) atoms. The largest absolute Gasteiger partial charge is 0.361 e. The number of benzene rings is 1. The molecule has 1 aliphatic heterocycles. The van der Waals surface area contributed by atoms with Gasteiger partial charge in [0.15, 0.2) is 0 Å². The van der Waals surface area contributed by atoms with E-state index in [1.54, 1.807) is 4.90 Å². The summed E-state index contributed by atoms with van der Waals surface area (Å²) in [7, 11) is 1.86. The van der Waals surface area contributed by atoms with Gasteiger partial charge in [-0.2, -0.15) is 0 Å². The summed E-state index contributed by atoms with van der Waals surface area (Å²) in [6.45, 7) is 3.54. The van der Waals surface area contributed by atoms with Gasteiger partial charge in [0, 0.05) is 42.8 Å². The highest BCUT2D eigenvalue weighted by Gasteiger charge is 2.41. The molecule has 2 heterocycles. The quantitative estimate of drug-likeness (QED) is 0.796. The van der Waals surface area contributed by atoms with Crippen molar-refractivity contribution in [3.63, 3.8) is 0 Å². The number of para-hydroxylation sites is 1. The number of H-pyrrole nitrogens is 1. The summed E-state index contributed by atoms with van der Waals surface area (Å²) in [6.07, 6.45) is 1.94. The van der Waals surface area contributed by atoms with E-state index in [0.29, 0.717) is 0 Å². The van der Waals surface area contributed by atoms with Crippen LogP contribution >= 0.6 is 0 Å². The molecular formula is C14H17N3O. The van der Waals surface area contributed by atoms with E-state index in [0.717, 1.165) is 29.6 Å². The van der Waals surface area contributed by atoms with Crippen LogP contribution < -0.4 is 5.32 Å². The number of carbonyl (C=O) groups excluding carboxylic acids is 1. The molecule has 2 aromatic rings. The van der Waals surface area contributed by atoms with Crippen LogP contribution in [0.2, 0.25) is 0 Å². The molecular weight excluding hydrogens is 226 g/mol. The predicted molar refractivity (Wildman–Crippen MR) is 71.3 cm³/mol.